The zero-order chi connectivity index (χ0) is 17.1. The highest BCUT2D eigenvalue weighted by atomic mass is 32.1. The molecule has 3 N–H and O–H groups in total. The van der Waals surface area contributed by atoms with Crippen LogP contribution in [0.15, 0.2) is 24.3 Å². The predicted octanol–water partition coefficient (Wildman–Crippen LogP) is 1.15. The number of hydrogen-bond acceptors (Lipinski definition) is 5. The van der Waals surface area contributed by atoms with Gasteiger partial charge in [-0.25, -0.2) is 0 Å². The monoisotopic (exact) mass is 339 g/mol. The van der Waals surface area contributed by atoms with Crippen molar-refractivity contribution < 1.29 is 19.1 Å². The molecule has 0 atom stereocenters. The van der Waals surface area contributed by atoms with Crippen LogP contribution in [0, 0.1) is 0 Å². The Morgan fingerprint density at radius 1 is 1.17 bits per heavy atom. The summed E-state index contributed by atoms with van der Waals surface area (Å²) in [6.07, 6.45) is 0.835. The number of nitrogens with one attached hydrogen (secondary N) is 3. The summed E-state index contributed by atoms with van der Waals surface area (Å²) in [7, 11) is 0. The highest BCUT2D eigenvalue weighted by Crippen LogP contribution is 2.17. The standard InChI is InChI=1S/C15H21N3O4S/c1-3-9-22-12-8-6-5-7-11(12)14(20)16-15(23)18-17-13(19)10-21-4-2/h5-8H,3-4,9-10H2,1-2H3,(H,17,19)(H2,16,18,20,23). The van der Waals surface area contributed by atoms with Gasteiger partial charge in [0, 0.05) is 6.61 Å². The summed E-state index contributed by atoms with van der Waals surface area (Å²) in [5.74, 6) is -0.335. The SMILES string of the molecule is CCCOc1ccccc1C(=O)NC(=S)NNC(=O)COCC. The number of carbonyl (C=O) groups excluding carboxylic acids is 2. The summed E-state index contributed by atoms with van der Waals surface area (Å²) < 4.78 is 10.5. The third kappa shape index (κ3) is 7.07. The highest BCUT2D eigenvalue weighted by molar-refractivity contribution is 7.80. The first-order valence-corrected chi connectivity index (χ1v) is 7.69. The Balaban J connectivity index is 2.52. The molecule has 0 fully saturated rings. The first kappa shape index (κ1) is 18.9. The molecule has 0 unspecified atom stereocenters. The minimum Gasteiger partial charge on any atom is -0.493 e. The lowest BCUT2D eigenvalue weighted by molar-refractivity contribution is -0.126. The summed E-state index contributed by atoms with van der Waals surface area (Å²) in [5, 5.41) is 2.45. The third-order valence-electron chi connectivity index (χ3n) is 2.57. The van der Waals surface area contributed by atoms with Crippen molar-refractivity contribution in [2.45, 2.75) is 20.3 Å². The molecule has 0 spiro atoms. The van der Waals surface area contributed by atoms with Gasteiger partial charge in [0.05, 0.1) is 12.2 Å². The lowest BCUT2D eigenvalue weighted by Crippen LogP contribution is -2.49. The van der Waals surface area contributed by atoms with E-state index in [0.29, 0.717) is 24.5 Å². The van der Waals surface area contributed by atoms with Crippen LogP contribution in [0.4, 0.5) is 0 Å². The van der Waals surface area contributed by atoms with Crippen molar-refractivity contribution in [2.75, 3.05) is 19.8 Å². The smallest absolute Gasteiger partial charge is 0.264 e. The van der Waals surface area contributed by atoms with E-state index in [0.717, 1.165) is 6.42 Å². The van der Waals surface area contributed by atoms with Gasteiger partial charge >= 0.3 is 0 Å². The van der Waals surface area contributed by atoms with Crippen molar-refractivity contribution in [3.63, 3.8) is 0 Å². The van der Waals surface area contributed by atoms with E-state index >= 15 is 0 Å². The number of para-hydroxylation sites is 1. The van der Waals surface area contributed by atoms with Crippen molar-refractivity contribution in [3.8, 4) is 5.75 Å². The van der Waals surface area contributed by atoms with Crippen molar-refractivity contribution >= 4 is 29.1 Å². The van der Waals surface area contributed by atoms with Crippen molar-refractivity contribution in [3.05, 3.63) is 29.8 Å². The molecule has 1 rings (SSSR count). The molecular weight excluding hydrogens is 318 g/mol. The number of carbonyl (C=O) groups is 2. The zero-order valence-corrected chi connectivity index (χ0v) is 14.0. The second-order valence-corrected chi connectivity index (χ2v) is 4.85. The highest BCUT2D eigenvalue weighted by Gasteiger charge is 2.13. The Bertz CT molecular complexity index is 551. The van der Waals surface area contributed by atoms with Crippen LogP contribution in [0.3, 0.4) is 0 Å². The number of thiocarbonyl (C=S) groups is 1. The topological polar surface area (TPSA) is 88.7 Å². The minimum atomic E-state index is -0.423. The largest absolute Gasteiger partial charge is 0.493 e. The van der Waals surface area contributed by atoms with Gasteiger partial charge in [-0.05, 0) is 37.7 Å². The zero-order valence-electron chi connectivity index (χ0n) is 13.2. The first-order chi connectivity index (χ1) is 11.1. The molecule has 0 saturated heterocycles. The van der Waals surface area contributed by atoms with Crippen molar-refractivity contribution in [1.29, 1.82) is 0 Å². The lowest BCUT2D eigenvalue weighted by Gasteiger charge is -2.13. The van der Waals surface area contributed by atoms with Crippen LogP contribution in [-0.2, 0) is 9.53 Å². The average molecular weight is 339 g/mol. The normalized spacial score (nSPS) is 9.83. The second-order valence-electron chi connectivity index (χ2n) is 4.44. The van der Waals surface area contributed by atoms with Gasteiger partial charge in [0.15, 0.2) is 5.11 Å². The molecule has 0 aliphatic carbocycles. The van der Waals surface area contributed by atoms with E-state index in [9.17, 15) is 9.59 Å². The Morgan fingerprint density at radius 2 is 1.91 bits per heavy atom. The number of rotatable bonds is 7. The fourth-order valence-electron chi connectivity index (χ4n) is 1.55. The van der Waals surface area contributed by atoms with Gasteiger partial charge in [0.25, 0.3) is 11.8 Å². The van der Waals surface area contributed by atoms with Gasteiger partial charge in [0.1, 0.15) is 12.4 Å². The molecule has 0 radical (unpaired) electrons. The van der Waals surface area contributed by atoms with Gasteiger partial charge in [-0.1, -0.05) is 19.1 Å². The van der Waals surface area contributed by atoms with Crippen molar-refractivity contribution in [1.82, 2.24) is 16.2 Å². The van der Waals surface area contributed by atoms with E-state index in [1.165, 1.54) is 0 Å². The summed E-state index contributed by atoms with van der Waals surface area (Å²) in [5.41, 5.74) is 5.12. The van der Waals surface area contributed by atoms with E-state index < -0.39 is 11.8 Å². The van der Waals surface area contributed by atoms with Gasteiger partial charge in [0.2, 0.25) is 0 Å². The molecule has 0 aliphatic heterocycles. The number of benzene rings is 1. The minimum absolute atomic E-state index is 0.0230. The molecule has 126 valence electrons. The fraction of sp³-hybridized carbons (Fsp3) is 0.400. The Labute approximate surface area is 140 Å². The molecule has 1 aromatic rings. The Morgan fingerprint density at radius 3 is 2.61 bits per heavy atom. The second kappa shape index (κ2) is 10.5. The lowest BCUT2D eigenvalue weighted by atomic mass is 10.2. The van der Waals surface area contributed by atoms with Crippen LogP contribution < -0.4 is 20.9 Å². The molecule has 2 amide bonds. The quantitative estimate of drug-likeness (QED) is 0.510. The number of amides is 2. The molecule has 0 saturated carbocycles. The van der Waals surface area contributed by atoms with Gasteiger partial charge in [-0.2, -0.15) is 0 Å². The molecule has 1 aromatic carbocycles. The molecule has 0 aliphatic rings. The summed E-state index contributed by atoms with van der Waals surface area (Å²) in [4.78, 5) is 23.5. The average Bonchev–Trinajstić information content (AvgIpc) is 2.56. The summed E-state index contributed by atoms with van der Waals surface area (Å²) in [6.45, 7) is 4.62. The summed E-state index contributed by atoms with van der Waals surface area (Å²) >= 11 is 4.95. The third-order valence-corrected chi connectivity index (χ3v) is 2.78. The Hall–Kier alpha value is -2.19. The maximum Gasteiger partial charge on any atom is 0.264 e. The molecular formula is C15H21N3O4S. The van der Waals surface area contributed by atoms with Crippen LogP contribution in [0.25, 0.3) is 0 Å². The van der Waals surface area contributed by atoms with E-state index in [-0.39, 0.29) is 11.7 Å². The molecule has 7 nitrogen and oxygen atoms in total. The van der Waals surface area contributed by atoms with Crippen LogP contribution >= 0.6 is 12.2 Å². The molecule has 0 bridgehead atoms. The van der Waals surface area contributed by atoms with Gasteiger partial charge in [-0.3, -0.25) is 25.8 Å². The fourth-order valence-corrected chi connectivity index (χ4v) is 1.69. The van der Waals surface area contributed by atoms with E-state index in [4.69, 9.17) is 21.7 Å². The molecule has 0 heterocycles. The summed E-state index contributed by atoms with van der Waals surface area (Å²) in [6, 6.07) is 6.86. The maximum absolute atomic E-state index is 12.2. The van der Waals surface area contributed by atoms with Crippen molar-refractivity contribution in [2.24, 2.45) is 0 Å². The number of hydrogen-bond donors (Lipinski definition) is 3. The van der Waals surface area contributed by atoms with E-state index in [2.05, 4.69) is 16.2 Å². The molecule has 0 aromatic heterocycles. The molecule has 8 heteroatoms. The van der Waals surface area contributed by atoms with Gasteiger partial charge < -0.3 is 9.47 Å². The molecule has 23 heavy (non-hydrogen) atoms. The van der Waals surface area contributed by atoms with E-state index in [1.54, 1.807) is 31.2 Å². The van der Waals surface area contributed by atoms with Crippen LogP contribution in [-0.4, -0.2) is 36.7 Å². The predicted molar refractivity (Wildman–Crippen MR) is 90.1 cm³/mol. The van der Waals surface area contributed by atoms with Gasteiger partial charge in [-0.15, -0.1) is 0 Å². The van der Waals surface area contributed by atoms with E-state index in [1.807, 2.05) is 6.92 Å². The first-order valence-electron chi connectivity index (χ1n) is 7.28. The Kier molecular flexibility index (Phi) is 8.63. The number of ether oxygens (including phenoxy) is 2. The van der Waals surface area contributed by atoms with Crippen LogP contribution in [0.2, 0.25) is 0 Å². The maximum atomic E-state index is 12.2. The van der Waals surface area contributed by atoms with Crippen LogP contribution in [0.5, 0.6) is 5.75 Å². The number of hydrazine groups is 1. The van der Waals surface area contributed by atoms with Crippen LogP contribution in [0.1, 0.15) is 30.6 Å².